The summed E-state index contributed by atoms with van der Waals surface area (Å²) in [5.41, 5.74) is 6.79. The highest BCUT2D eigenvalue weighted by atomic mass is 19.1. The van der Waals surface area contributed by atoms with Crippen LogP contribution >= 0.6 is 0 Å². The van der Waals surface area contributed by atoms with Gasteiger partial charge in [0, 0.05) is 12.5 Å². The average molecular weight is 257 g/mol. The summed E-state index contributed by atoms with van der Waals surface area (Å²) in [6.45, 7) is 1.38. The molecule has 0 aliphatic rings. The number of carbonyl (C=O) groups is 1. The lowest BCUT2D eigenvalue weighted by Gasteiger charge is -2.08. The van der Waals surface area contributed by atoms with E-state index in [4.69, 9.17) is 11.1 Å². The Labute approximate surface area is 109 Å². The minimum atomic E-state index is -0.441. The fraction of sp³-hybridized carbons (Fsp3) is 0.0714. The molecule has 0 atom stereocenters. The van der Waals surface area contributed by atoms with Crippen LogP contribution in [0.2, 0.25) is 0 Å². The molecular formula is C14H12FN3O. The smallest absolute Gasteiger partial charge is 0.178 e. The van der Waals surface area contributed by atoms with Crippen LogP contribution in [0.1, 0.15) is 28.7 Å². The molecule has 0 fully saturated rings. The largest absolute Gasteiger partial charge is 0.397 e. The fourth-order valence-corrected chi connectivity index (χ4v) is 1.65. The number of benzene rings is 1. The second-order valence-corrected chi connectivity index (χ2v) is 4.08. The summed E-state index contributed by atoms with van der Waals surface area (Å²) in [5.74, 6) is -0.656. The molecule has 0 radical (unpaired) electrons. The molecule has 0 saturated carbocycles. The number of nitrogens with one attached hydrogen (secondary N) is 1. The quantitative estimate of drug-likeness (QED) is 0.654. The Morgan fingerprint density at radius 1 is 1.32 bits per heavy atom. The molecule has 0 amide bonds. The minimum absolute atomic E-state index is 0.0138. The number of rotatable bonds is 3. The predicted molar refractivity (Wildman–Crippen MR) is 71.0 cm³/mol. The first-order valence-corrected chi connectivity index (χ1v) is 5.61. The zero-order chi connectivity index (χ0) is 14.0. The number of Topliss-reactive ketones (excluding diaryl/α,β-unsaturated/α-hetero) is 1. The number of hydrogen-bond donors (Lipinski definition) is 2. The number of nitrogen functional groups attached to an aromatic ring is 1. The molecule has 1 heterocycles. The molecule has 96 valence electrons. The summed E-state index contributed by atoms with van der Waals surface area (Å²) in [7, 11) is 0. The highest BCUT2D eigenvalue weighted by molar-refractivity contribution is 6.13. The summed E-state index contributed by atoms with van der Waals surface area (Å²) >= 11 is 0. The van der Waals surface area contributed by atoms with Crippen molar-refractivity contribution in [2.45, 2.75) is 6.92 Å². The Morgan fingerprint density at radius 2 is 2.05 bits per heavy atom. The number of nitrogens with zero attached hydrogens (tertiary/aromatic N) is 1. The second kappa shape index (κ2) is 4.97. The van der Waals surface area contributed by atoms with E-state index in [1.54, 1.807) is 6.07 Å². The molecule has 2 rings (SSSR count). The highest BCUT2D eigenvalue weighted by Crippen LogP contribution is 2.16. The number of anilines is 1. The van der Waals surface area contributed by atoms with Crippen LogP contribution in [0.5, 0.6) is 0 Å². The van der Waals surface area contributed by atoms with Crippen molar-refractivity contribution in [1.82, 2.24) is 4.98 Å². The van der Waals surface area contributed by atoms with Crippen molar-refractivity contribution in [1.29, 1.82) is 5.41 Å². The van der Waals surface area contributed by atoms with Gasteiger partial charge in [0.1, 0.15) is 17.2 Å². The van der Waals surface area contributed by atoms with Crippen LogP contribution in [-0.4, -0.2) is 16.5 Å². The number of carbonyl (C=O) groups excluding carboxylic acids is 1. The van der Waals surface area contributed by atoms with Gasteiger partial charge >= 0.3 is 0 Å². The Kier molecular flexibility index (Phi) is 3.37. The van der Waals surface area contributed by atoms with Gasteiger partial charge in [0.05, 0.1) is 11.4 Å². The van der Waals surface area contributed by atoms with Gasteiger partial charge in [-0.2, -0.15) is 0 Å². The second-order valence-electron chi connectivity index (χ2n) is 4.08. The summed E-state index contributed by atoms with van der Waals surface area (Å²) in [6.07, 6.45) is 0. The fourth-order valence-electron chi connectivity index (χ4n) is 1.65. The van der Waals surface area contributed by atoms with E-state index in [0.717, 1.165) is 0 Å². The van der Waals surface area contributed by atoms with E-state index in [-0.39, 0.29) is 28.6 Å². The van der Waals surface area contributed by atoms with Gasteiger partial charge in [-0.1, -0.05) is 12.1 Å². The normalized spacial score (nSPS) is 10.2. The zero-order valence-corrected chi connectivity index (χ0v) is 10.3. The minimum Gasteiger partial charge on any atom is -0.397 e. The van der Waals surface area contributed by atoms with E-state index in [1.807, 2.05) is 0 Å². The molecule has 0 bridgehead atoms. The molecule has 4 nitrogen and oxygen atoms in total. The molecule has 0 aliphatic carbocycles. The number of hydrogen-bond acceptors (Lipinski definition) is 4. The summed E-state index contributed by atoms with van der Waals surface area (Å²) < 4.78 is 13.1. The molecule has 1 aromatic carbocycles. The van der Waals surface area contributed by atoms with E-state index >= 15 is 0 Å². The third-order valence-corrected chi connectivity index (χ3v) is 2.64. The lowest BCUT2D eigenvalue weighted by molar-refractivity contribution is 0.101. The number of halogens is 1. The van der Waals surface area contributed by atoms with Gasteiger partial charge in [-0.3, -0.25) is 10.2 Å². The van der Waals surface area contributed by atoms with Crippen LogP contribution < -0.4 is 5.73 Å². The Morgan fingerprint density at radius 3 is 2.68 bits per heavy atom. The lowest BCUT2D eigenvalue weighted by atomic mass is 10.0. The number of pyridine rings is 1. The molecule has 1 aromatic heterocycles. The molecule has 19 heavy (non-hydrogen) atoms. The van der Waals surface area contributed by atoms with Crippen molar-refractivity contribution in [2.75, 3.05) is 5.73 Å². The predicted octanol–water partition coefficient (Wildman–Crippen LogP) is 2.42. The highest BCUT2D eigenvalue weighted by Gasteiger charge is 2.13. The summed E-state index contributed by atoms with van der Waals surface area (Å²) in [4.78, 5) is 15.3. The molecule has 3 N–H and O–H groups in total. The van der Waals surface area contributed by atoms with Gasteiger partial charge in [0.15, 0.2) is 5.78 Å². The van der Waals surface area contributed by atoms with Crippen LogP contribution in [0, 0.1) is 11.2 Å². The van der Waals surface area contributed by atoms with Crippen LogP contribution in [-0.2, 0) is 0 Å². The molecule has 2 aromatic rings. The summed E-state index contributed by atoms with van der Waals surface area (Å²) in [6, 6.07) is 8.63. The molecule has 0 aliphatic heterocycles. The van der Waals surface area contributed by atoms with Gasteiger partial charge in [-0.05, 0) is 24.3 Å². The molecule has 0 spiro atoms. The Bertz CT molecular complexity index is 667. The van der Waals surface area contributed by atoms with Gasteiger partial charge in [-0.15, -0.1) is 0 Å². The van der Waals surface area contributed by atoms with Crippen molar-refractivity contribution in [3.05, 3.63) is 59.2 Å². The lowest BCUT2D eigenvalue weighted by Crippen LogP contribution is -2.11. The van der Waals surface area contributed by atoms with Crippen molar-refractivity contribution >= 4 is 17.2 Å². The van der Waals surface area contributed by atoms with E-state index in [1.165, 1.54) is 37.3 Å². The van der Waals surface area contributed by atoms with Gasteiger partial charge in [0.25, 0.3) is 0 Å². The maximum Gasteiger partial charge on any atom is 0.178 e. The zero-order valence-electron chi connectivity index (χ0n) is 10.3. The molecule has 0 saturated heterocycles. The Hall–Kier alpha value is -2.56. The van der Waals surface area contributed by atoms with E-state index in [2.05, 4.69) is 4.98 Å². The molecule has 5 heteroatoms. The summed E-state index contributed by atoms with van der Waals surface area (Å²) in [5, 5.41) is 8.03. The van der Waals surface area contributed by atoms with Gasteiger partial charge < -0.3 is 5.73 Å². The first-order valence-electron chi connectivity index (χ1n) is 5.61. The van der Waals surface area contributed by atoms with Crippen LogP contribution in [0.15, 0.2) is 36.4 Å². The Balaban J connectivity index is 2.49. The first kappa shape index (κ1) is 12.9. The standard InChI is InChI=1S/C14H12FN3O/c1-8(19)12-6-5-11(16)14(18-12)13(17)9-3-2-4-10(15)7-9/h2-7,17H,16H2,1H3. The maximum absolute atomic E-state index is 13.1. The maximum atomic E-state index is 13.1. The van der Waals surface area contributed by atoms with Crippen LogP contribution in [0.4, 0.5) is 10.1 Å². The monoisotopic (exact) mass is 257 g/mol. The van der Waals surface area contributed by atoms with Crippen molar-refractivity contribution in [3.8, 4) is 0 Å². The SMILES string of the molecule is CC(=O)c1ccc(N)c(C(=N)c2cccc(F)c2)n1. The molecular weight excluding hydrogens is 245 g/mol. The average Bonchev–Trinajstić information content (AvgIpc) is 2.38. The number of nitrogens with two attached hydrogens (primary N) is 1. The van der Waals surface area contributed by atoms with Gasteiger partial charge in [-0.25, -0.2) is 9.37 Å². The van der Waals surface area contributed by atoms with E-state index in [9.17, 15) is 9.18 Å². The van der Waals surface area contributed by atoms with Crippen LogP contribution in [0.25, 0.3) is 0 Å². The van der Waals surface area contributed by atoms with E-state index < -0.39 is 5.82 Å². The number of ketones is 1. The first-order chi connectivity index (χ1) is 8.99. The third kappa shape index (κ3) is 2.65. The number of aromatic nitrogens is 1. The van der Waals surface area contributed by atoms with Crippen molar-refractivity contribution in [2.24, 2.45) is 0 Å². The van der Waals surface area contributed by atoms with Crippen LogP contribution in [0.3, 0.4) is 0 Å². The third-order valence-electron chi connectivity index (χ3n) is 2.64. The van der Waals surface area contributed by atoms with Gasteiger partial charge in [0.2, 0.25) is 0 Å². The van der Waals surface area contributed by atoms with Crippen molar-refractivity contribution in [3.63, 3.8) is 0 Å². The van der Waals surface area contributed by atoms with Crippen molar-refractivity contribution < 1.29 is 9.18 Å². The van der Waals surface area contributed by atoms with E-state index in [0.29, 0.717) is 5.56 Å². The molecule has 0 unspecified atom stereocenters. The topological polar surface area (TPSA) is 79.8 Å².